The van der Waals surface area contributed by atoms with Crippen LogP contribution in [0.2, 0.25) is 0 Å². The number of anilines is 2. The van der Waals surface area contributed by atoms with Crippen molar-refractivity contribution in [1.29, 1.82) is 0 Å². The first kappa shape index (κ1) is 20.3. The van der Waals surface area contributed by atoms with Crippen molar-refractivity contribution in [3.63, 3.8) is 0 Å². The highest BCUT2D eigenvalue weighted by Gasteiger charge is 2.12. The summed E-state index contributed by atoms with van der Waals surface area (Å²) in [6.45, 7) is 6.39. The van der Waals surface area contributed by atoms with Crippen LogP contribution in [0.25, 0.3) is 0 Å². The molecule has 0 spiro atoms. The summed E-state index contributed by atoms with van der Waals surface area (Å²) >= 11 is 0. The van der Waals surface area contributed by atoms with E-state index in [9.17, 15) is 4.79 Å². The van der Waals surface area contributed by atoms with Gasteiger partial charge in [0.05, 0.1) is 7.11 Å². The van der Waals surface area contributed by atoms with Crippen molar-refractivity contribution in [1.82, 2.24) is 15.3 Å². The molecule has 1 aromatic heterocycles. The van der Waals surface area contributed by atoms with Gasteiger partial charge in [-0.2, -0.15) is 0 Å². The molecule has 2 aromatic carbocycles. The number of ether oxygens (including phenoxy) is 1. The number of rotatable bonds is 7. The van der Waals surface area contributed by atoms with Gasteiger partial charge in [0, 0.05) is 17.9 Å². The van der Waals surface area contributed by atoms with E-state index < -0.39 is 0 Å². The molecule has 29 heavy (non-hydrogen) atoms. The number of amides is 1. The first-order chi connectivity index (χ1) is 14.0. The molecule has 3 aromatic rings. The third-order valence-corrected chi connectivity index (χ3v) is 4.68. The number of nitrogens with zero attached hydrogens (tertiary/aromatic N) is 2. The summed E-state index contributed by atoms with van der Waals surface area (Å²) in [5.41, 5.74) is 5.26. The van der Waals surface area contributed by atoms with Crippen LogP contribution >= 0.6 is 0 Å². The summed E-state index contributed by atoms with van der Waals surface area (Å²) in [6.07, 6.45) is 0.674. The van der Waals surface area contributed by atoms with E-state index in [4.69, 9.17) is 4.74 Å². The van der Waals surface area contributed by atoms with Crippen molar-refractivity contribution < 1.29 is 9.53 Å². The second-order valence-electron chi connectivity index (χ2n) is 6.93. The lowest BCUT2D eigenvalue weighted by Gasteiger charge is -2.13. The Labute approximate surface area is 171 Å². The van der Waals surface area contributed by atoms with Gasteiger partial charge in [0.15, 0.2) is 0 Å². The predicted octanol–water partition coefficient (Wildman–Crippen LogP) is 4.13. The smallest absolute Gasteiger partial charge is 0.270 e. The fourth-order valence-corrected chi connectivity index (χ4v) is 3.17. The molecule has 2 N–H and O–H groups in total. The van der Waals surface area contributed by atoms with Crippen LogP contribution in [-0.2, 0) is 6.42 Å². The lowest BCUT2D eigenvalue weighted by atomic mass is 10.1. The molecule has 0 aliphatic rings. The largest absolute Gasteiger partial charge is 0.496 e. The van der Waals surface area contributed by atoms with Crippen LogP contribution < -0.4 is 15.4 Å². The fourth-order valence-electron chi connectivity index (χ4n) is 3.17. The first-order valence-corrected chi connectivity index (χ1v) is 9.57. The van der Waals surface area contributed by atoms with Gasteiger partial charge in [-0.15, -0.1) is 0 Å². The van der Waals surface area contributed by atoms with Crippen molar-refractivity contribution in [2.45, 2.75) is 27.2 Å². The van der Waals surface area contributed by atoms with Gasteiger partial charge in [-0.3, -0.25) is 4.79 Å². The van der Waals surface area contributed by atoms with Crippen molar-refractivity contribution in [3.05, 3.63) is 76.6 Å². The van der Waals surface area contributed by atoms with Gasteiger partial charge in [0.1, 0.15) is 11.4 Å². The van der Waals surface area contributed by atoms with Crippen LogP contribution in [0, 0.1) is 20.8 Å². The summed E-state index contributed by atoms with van der Waals surface area (Å²) in [5, 5.41) is 6.18. The van der Waals surface area contributed by atoms with E-state index in [0.717, 1.165) is 33.8 Å². The molecule has 0 saturated heterocycles. The highest BCUT2D eigenvalue weighted by molar-refractivity contribution is 5.92. The number of benzene rings is 2. The van der Waals surface area contributed by atoms with Crippen LogP contribution in [0.15, 0.2) is 48.5 Å². The van der Waals surface area contributed by atoms with E-state index in [1.807, 2.05) is 63.2 Å². The number of hydrogen-bond donors (Lipinski definition) is 2. The SMILES string of the molecule is COc1ccccc1CCNC(=O)c1cc(C)nc(Nc2c(C)cccc2C)n1. The quantitative estimate of drug-likeness (QED) is 0.634. The minimum atomic E-state index is -0.227. The van der Waals surface area contributed by atoms with Crippen LogP contribution in [0.4, 0.5) is 11.6 Å². The Morgan fingerprint density at radius 1 is 1.00 bits per heavy atom. The number of carbonyl (C=O) groups excluding carboxylic acids is 1. The summed E-state index contributed by atoms with van der Waals surface area (Å²) in [4.78, 5) is 21.5. The van der Waals surface area contributed by atoms with Gasteiger partial charge in [0.2, 0.25) is 5.95 Å². The zero-order valence-corrected chi connectivity index (χ0v) is 17.2. The lowest BCUT2D eigenvalue weighted by Crippen LogP contribution is -2.27. The Bertz CT molecular complexity index is 997. The highest BCUT2D eigenvalue weighted by atomic mass is 16.5. The van der Waals surface area contributed by atoms with Gasteiger partial charge in [-0.05, 0) is 56.0 Å². The summed E-state index contributed by atoms with van der Waals surface area (Å²) < 4.78 is 5.35. The average Bonchev–Trinajstić information content (AvgIpc) is 2.70. The fraction of sp³-hybridized carbons (Fsp3) is 0.261. The Balaban J connectivity index is 1.69. The molecule has 0 atom stereocenters. The van der Waals surface area contributed by atoms with Crippen molar-refractivity contribution >= 4 is 17.5 Å². The lowest BCUT2D eigenvalue weighted by molar-refractivity contribution is 0.0949. The van der Waals surface area contributed by atoms with Crippen LogP contribution in [-0.4, -0.2) is 29.5 Å². The molecule has 1 amide bonds. The first-order valence-electron chi connectivity index (χ1n) is 9.57. The van der Waals surface area contributed by atoms with E-state index in [0.29, 0.717) is 24.6 Å². The zero-order chi connectivity index (χ0) is 20.8. The molecule has 3 rings (SSSR count). The third-order valence-electron chi connectivity index (χ3n) is 4.68. The molecule has 0 bridgehead atoms. The topological polar surface area (TPSA) is 76.1 Å². The number of aromatic nitrogens is 2. The molecule has 1 heterocycles. The number of aryl methyl sites for hydroxylation is 3. The summed E-state index contributed by atoms with van der Waals surface area (Å²) in [6, 6.07) is 15.5. The van der Waals surface area contributed by atoms with E-state index in [2.05, 4.69) is 20.6 Å². The standard InChI is InChI=1S/C23H26N4O2/c1-15-8-7-9-16(2)21(15)27-23-25-17(3)14-19(26-23)22(28)24-13-12-18-10-5-6-11-20(18)29-4/h5-11,14H,12-13H2,1-4H3,(H,24,28)(H,25,26,27). The van der Waals surface area contributed by atoms with Gasteiger partial charge in [-0.1, -0.05) is 36.4 Å². The molecule has 150 valence electrons. The van der Waals surface area contributed by atoms with Gasteiger partial charge < -0.3 is 15.4 Å². The van der Waals surface area contributed by atoms with E-state index in [1.165, 1.54) is 0 Å². The number of methoxy groups -OCH3 is 1. The Kier molecular flexibility index (Phi) is 6.44. The Morgan fingerprint density at radius 2 is 1.72 bits per heavy atom. The molecular weight excluding hydrogens is 364 g/mol. The molecule has 6 heteroatoms. The second kappa shape index (κ2) is 9.19. The Morgan fingerprint density at radius 3 is 2.45 bits per heavy atom. The number of nitrogens with one attached hydrogen (secondary N) is 2. The van der Waals surface area contributed by atoms with Crippen LogP contribution in [0.3, 0.4) is 0 Å². The maximum atomic E-state index is 12.6. The molecule has 0 aliphatic heterocycles. The predicted molar refractivity (Wildman–Crippen MR) is 115 cm³/mol. The number of carbonyl (C=O) groups is 1. The second-order valence-corrected chi connectivity index (χ2v) is 6.93. The minimum absolute atomic E-state index is 0.227. The van der Waals surface area contributed by atoms with Gasteiger partial charge >= 0.3 is 0 Å². The molecule has 6 nitrogen and oxygen atoms in total. The maximum absolute atomic E-state index is 12.6. The van der Waals surface area contributed by atoms with Crippen molar-refractivity contribution in [3.8, 4) is 5.75 Å². The normalized spacial score (nSPS) is 10.5. The van der Waals surface area contributed by atoms with E-state index >= 15 is 0 Å². The monoisotopic (exact) mass is 390 g/mol. The van der Waals surface area contributed by atoms with E-state index in [-0.39, 0.29) is 5.91 Å². The minimum Gasteiger partial charge on any atom is -0.496 e. The molecular formula is C23H26N4O2. The van der Waals surface area contributed by atoms with Crippen LogP contribution in [0.5, 0.6) is 5.75 Å². The average molecular weight is 390 g/mol. The van der Waals surface area contributed by atoms with Crippen molar-refractivity contribution in [2.75, 3.05) is 19.0 Å². The molecule has 0 saturated carbocycles. The molecule has 0 unspecified atom stereocenters. The van der Waals surface area contributed by atoms with Crippen molar-refractivity contribution in [2.24, 2.45) is 0 Å². The highest BCUT2D eigenvalue weighted by Crippen LogP contribution is 2.23. The third kappa shape index (κ3) is 5.10. The molecule has 0 aliphatic carbocycles. The zero-order valence-electron chi connectivity index (χ0n) is 17.2. The number of hydrogen-bond acceptors (Lipinski definition) is 5. The van der Waals surface area contributed by atoms with Crippen LogP contribution in [0.1, 0.15) is 32.9 Å². The van der Waals surface area contributed by atoms with E-state index in [1.54, 1.807) is 13.2 Å². The number of para-hydroxylation sites is 2. The van der Waals surface area contributed by atoms with Gasteiger partial charge in [0.25, 0.3) is 5.91 Å². The summed E-state index contributed by atoms with van der Waals surface area (Å²) in [5.74, 6) is 1.01. The van der Waals surface area contributed by atoms with Gasteiger partial charge in [-0.25, -0.2) is 9.97 Å². The molecule has 0 fully saturated rings. The molecule has 0 radical (unpaired) electrons. The maximum Gasteiger partial charge on any atom is 0.270 e. The Hall–Kier alpha value is -3.41. The summed E-state index contributed by atoms with van der Waals surface area (Å²) in [7, 11) is 1.64.